The van der Waals surface area contributed by atoms with Crippen molar-refractivity contribution in [3.8, 4) is 0 Å². The fourth-order valence-corrected chi connectivity index (χ4v) is 2.29. The van der Waals surface area contributed by atoms with Crippen LogP contribution in [0.25, 0.3) is 0 Å². The second-order valence-electron chi connectivity index (χ2n) is 5.22. The average Bonchev–Trinajstić information content (AvgIpc) is 2.32. The van der Waals surface area contributed by atoms with E-state index in [1.807, 2.05) is 0 Å². The lowest BCUT2D eigenvalue weighted by atomic mass is 10.2. The topological polar surface area (TPSA) is 87.3 Å². The zero-order valence-corrected chi connectivity index (χ0v) is 13.5. The minimum atomic E-state index is -3.32. The Kier molecular flexibility index (Phi) is 6.64. The predicted molar refractivity (Wildman–Crippen MR) is 85.9 cm³/mol. The Hall–Kier alpha value is -1.60. The molecule has 6 nitrogen and oxygen atoms in total. The Labute approximate surface area is 126 Å². The van der Waals surface area contributed by atoms with Crippen LogP contribution in [0.4, 0.5) is 11.4 Å². The highest BCUT2D eigenvalue weighted by molar-refractivity contribution is 7.92. The number of hydrogen-bond acceptors (Lipinski definition) is 4. The molecule has 0 fully saturated rings. The Bertz CT molecular complexity index is 571. The number of rotatable bonds is 8. The second-order valence-corrected chi connectivity index (χ2v) is 6.96. The van der Waals surface area contributed by atoms with Crippen molar-refractivity contribution in [1.29, 1.82) is 0 Å². The third-order valence-electron chi connectivity index (χ3n) is 2.58. The van der Waals surface area contributed by atoms with Gasteiger partial charge in [-0.15, -0.1) is 0 Å². The van der Waals surface area contributed by atoms with Crippen LogP contribution in [0.1, 0.15) is 26.7 Å². The molecular formula is C14H23N3O3S. The molecule has 0 aliphatic rings. The molecule has 0 bridgehead atoms. The molecule has 1 amide bonds. The van der Waals surface area contributed by atoms with Crippen LogP contribution in [0.15, 0.2) is 24.3 Å². The smallest absolute Gasteiger partial charge is 0.229 e. The first kappa shape index (κ1) is 17.5. The van der Waals surface area contributed by atoms with Gasteiger partial charge in [0.05, 0.1) is 11.9 Å². The molecule has 7 heteroatoms. The first-order chi connectivity index (χ1) is 9.76. The number of nitrogens with one attached hydrogen (secondary N) is 3. The van der Waals surface area contributed by atoms with Gasteiger partial charge in [0.15, 0.2) is 0 Å². The third-order valence-corrected chi connectivity index (χ3v) is 3.19. The molecule has 0 atom stereocenters. The summed E-state index contributed by atoms with van der Waals surface area (Å²) in [4.78, 5) is 11.8. The molecule has 1 aromatic carbocycles. The summed E-state index contributed by atoms with van der Waals surface area (Å²) in [6.45, 7) is 4.90. The highest BCUT2D eigenvalue weighted by Crippen LogP contribution is 2.16. The summed E-state index contributed by atoms with van der Waals surface area (Å²) in [5.41, 5.74) is 1.00. The van der Waals surface area contributed by atoms with Crippen LogP contribution in [0.3, 0.4) is 0 Å². The normalized spacial score (nSPS) is 11.4. The number of carbonyl (C=O) groups is 1. The van der Waals surface area contributed by atoms with Crippen molar-refractivity contribution >= 4 is 27.3 Å². The van der Waals surface area contributed by atoms with Gasteiger partial charge in [-0.2, -0.15) is 0 Å². The molecule has 0 heterocycles. The van der Waals surface area contributed by atoms with E-state index in [4.69, 9.17) is 0 Å². The zero-order chi connectivity index (χ0) is 15.9. The first-order valence-electron chi connectivity index (χ1n) is 6.87. The minimum Gasteiger partial charge on any atom is -0.326 e. The quantitative estimate of drug-likeness (QED) is 0.638. The van der Waals surface area contributed by atoms with Gasteiger partial charge in [-0.1, -0.05) is 19.9 Å². The third kappa shape index (κ3) is 8.31. The van der Waals surface area contributed by atoms with Crippen LogP contribution >= 0.6 is 0 Å². The van der Waals surface area contributed by atoms with Gasteiger partial charge < -0.3 is 10.6 Å². The van der Waals surface area contributed by atoms with Crippen molar-refractivity contribution in [2.75, 3.05) is 22.8 Å². The molecule has 0 saturated heterocycles. The lowest BCUT2D eigenvalue weighted by Gasteiger charge is -2.09. The lowest BCUT2D eigenvalue weighted by molar-refractivity contribution is -0.116. The molecule has 0 saturated carbocycles. The number of amides is 1. The summed E-state index contributed by atoms with van der Waals surface area (Å²) in [6, 6.07) is 7.03. The highest BCUT2D eigenvalue weighted by Gasteiger charge is 2.05. The van der Waals surface area contributed by atoms with Gasteiger partial charge in [-0.25, -0.2) is 8.42 Å². The molecule has 118 valence electrons. The highest BCUT2D eigenvalue weighted by atomic mass is 32.2. The van der Waals surface area contributed by atoms with Crippen molar-refractivity contribution in [2.24, 2.45) is 0 Å². The van der Waals surface area contributed by atoms with E-state index in [9.17, 15) is 13.2 Å². The molecule has 3 N–H and O–H groups in total. The van der Waals surface area contributed by atoms with Crippen LogP contribution in [0.5, 0.6) is 0 Å². The summed E-state index contributed by atoms with van der Waals surface area (Å²) in [5, 5.41) is 6.00. The maximum atomic E-state index is 11.8. The number of benzene rings is 1. The van der Waals surface area contributed by atoms with E-state index in [2.05, 4.69) is 29.2 Å². The van der Waals surface area contributed by atoms with E-state index < -0.39 is 10.0 Å². The van der Waals surface area contributed by atoms with E-state index in [0.29, 0.717) is 23.8 Å². The van der Waals surface area contributed by atoms with Crippen LogP contribution < -0.4 is 15.4 Å². The van der Waals surface area contributed by atoms with Gasteiger partial charge in [-0.3, -0.25) is 9.52 Å². The van der Waals surface area contributed by atoms with Crippen molar-refractivity contribution in [3.63, 3.8) is 0 Å². The van der Waals surface area contributed by atoms with Gasteiger partial charge in [0.2, 0.25) is 15.9 Å². The van der Waals surface area contributed by atoms with Crippen LogP contribution in [0, 0.1) is 0 Å². The largest absolute Gasteiger partial charge is 0.326 e. The Balaban J connectivity index is 2.47. The van der Waals surface area contributed by atoms with Gasteiger partial charge >= 0.3 is 0 Å². The van der Waals surface area contributed by atoms with Crippen molar-refractivity contribution in [1.82, 2.24) is 5.32 Å². The molecular weight excluding hydrogens is 290 g/mol. The van der Waals surface area contributed by atoms with Crippen molar-refractivity contribution in [2.45, 2.75) is 32.7 Å². The summed E-state index contributed by atoms with van der Waals surface area (Å²) in [7, 11) is -3.32. The molecule has 0 aromatic heterocycles. The molecule has 1 rings (SSSR count). The Morgan fingerprint density at radius 3 is 2.52 bits per heavy atom. The van der Waals surface area contributed by atoms with E-state index in [1.165, 1.54) is 0 Å². The van der Waals surface area contributed by atoms with Crippen molar-refractivity contribution < 1.29 is 13.2 Å². The Morgan fingerprint density at radius 1 is 1.24 bits per heavy atom. The van der Waals surface area contributed by atoms with Crippen molar-refractivity contribution in [3.05, 3.63) is 24.3 Å². The fraction of sp³-hybridized carbons (Fsp3) is 0.500. The summed E-state index contributed by atoms with van der Waals surface area (Å²) in [5.74, 6) is -0.0861. The number of carbonyl (C=O) groups excluding carboxylic acids is 1. The van der Waals surface area contributed by atoms with Gasteiger partial charge in [0.1, 0.15) is 0 Å². The molecule has 0 unspecified atom stereocenters. The van der Waals surface area contributed by atoms with Gasteiger partial charge in [0.25, 0.3) is 0 Å². The fourth-order valence-electron chi connectivity index (χ4n) is 1.74. The van der Waals surface area contributed by atoms with Crippen LogP contribution in [-0.2, 0) is 14.8 Å². The lowest BCUT2D eigenvalue weighted by Crippen LogP contribution is -2.24. The molecule has 1 aromatic rings. The summed E-state index contributed by atoms with van der Waals surface area (Å²) >= 11 is 0. The van der Waals surface area contributed by atoms with E-state index in [0.717, 1.165) is 19.2 Å². The SMILES string of the molecule is CC(C)NCCCC(=O)Nc1cccc(NS(C)(=O)=O)c1. The standard InChI is InChI=1S/C14H23N3O3S/c1-11(2)15-9-5-8-14(18)16-12-6-4-7-13(10-12)17-21(3,19)20/h4,6-7,10-11,15,17H,5,8-9H2,1-3H3,(H,16,18). The summed E-state index contributed by atoms with van der Waals surface area (Å²) < 4.78 is 24.7. The molecule has 0 radical (unpaired) electrons. The van der Waals surface area contributed by atoms with E-state index >= 15 is 0 Å². The minimum absolute atomic E-state index is 0.0861. The predicted octanol–water partition coefficient (Wildman–Crippen LogP) is 1.77. The molecule has 0 aliphatic heterocycles. The molecule has 21 heavy (non-hydrogen) atoms. The monoisotopic (exact) mass is 313 g/mol. The van der Waals surface area contributed by atoms with E-state index in [1.54, 1.807) is 24.3 Å². The first-order valence-corrected chi connectivity index (χ1v) is 8.76. The van der Waals surface area contributed by atoms with Gasteiger partial charge in [-0.05, 0) is 31.2 Å². The Morgan fingerprint density at radius 2 is 1.90 bits per heavy atom. The van der Waals surface area contributed by atoms with Crippen LogP contribution in [0.2, 0.25) is 0 Å². The molecule has 0 aliphatic carbocycles. The number of anilines is 2. The van der Waals surface area contributed by atoms with Crippen LogP contribution in [-0.4, -0.2) is 33.2 Å². The second kappa shape index (κ2) is 7.99. The van der Waals surface area contributed by atoms with Gasteiger partial charge in [0, 0.05) is 18.2 Å². The maximum Gasteiger partial charge on any atom is 0.229 e. The molecule has 0 spiro atoms. The van der Waals surface area contributed by atoms with E-state index in [-0.39, 0.29) is 5.91 Å². The number of sulfonamides is 1. The average molecular weight is 313 g/mol. The maximum absolute atomic E-state index is 11.8. The zero-order valence-electron chi connectivity index (χ0n) is 12.6. The summed E-state index contributed by atoms with van der Waals surface area (Å²) in [6.07, 6.45) is 2.26. The number of hydrogen-bond donors (Lipinski definition) is 3.